The van der Waals surface area contributed by atoms with Gasteiger partial charge in [-0.2, -0.15) is 0 Å². The van der Waals surface area contributed by atoms with Crippen LogP contribution >= 0.6 is 0 Å². The largest absolute Gasteiger partial charge is 0.497 e. The standard InChI is InChI=1S/C20H22N2O5/c1-25-15-9-14(10-16(11-15)26-2)12-21-19(23)7-8-22-17-5-3-4-6-18(17)27-13-20(22)24/h3-6,9-11H,7-8,12-13H2,1-2H3,(H,21,23). The van der Waals surface area contributed by atoms with Crippen LogP contribution in [-0.4, -0.2) is 39.2 Å². The zero-order chi connectivity index (χ0) is 19.2. The predicted octanol–water partition coefficient (Wildman–Crippen LogP) is 2.14. The number of anilines is 1. The van der Waals surface area contributed by atoms with Crippen LogP contribution in [-0.2, 0) is 16.1 Å². The first-order valence-corrected chi connectivity index (χ1v) is 8.61. The Hall–Kier alpha value is -3.22. The van der Waals surface area contributed by atoms with Crippen molar-refractivity contribution >= 4 is 17.5 Å². The van der Waals surface area contributed by atoms with Gasteiger partial charge in [0.25, 0.3) is 5.91 Å². The van der Waals surface area contributed by atoms with E-state index in [1.54, 1.807) is 25.2 Å². The molecule has 0 saturated heterocycles. The minimum absolute atomic E-state index is 0.0117. The Balaban J connectivity index is 1.57. The number of nitrogens with zero attached hydrogens (tertiary/aromatic N) is 1. The molecule has 3 rings (SSSR count). The summed E-state index contributed by atoms with van der Waals surface area (Å²) in [7, 11) is 3.16. The van der Waals surface area contributed by atoms with E-state index in [9.17, 15) is 9.59 Å². The number of amides is 2. The highest BCUT2D eigenvalue weighted by Crippen LogP contribution is 2.31. The van der Waals surface area contributed by atoms with Crippen LogP contribution in [0, 0.1) is 0 Å². The molecule has 7 heteroatoms. The molecular weight excluding hydrogens is 348 g/mol. The lowest BCUT2D eigenvalue weighted by atomic mass is 10.2. The number of benzene rings is 2. The fourth-order valence-corrected chi connectivity index (χ4v) is 2.87. The van der Waals surface area contributed by atoms with Crippen molar-refractivity contribution in [2.75, 3.05) is 32.3 Å². The van der Waals surface area contributed by atoms with Gasteiger partial charge >= 0.3 is 0 Å². The summed E-state index contributed by atoms with van der Waals surface area (Å²) < 4.78 is 15.9. The van der Waals surface area contributed by atoms with Crippen LogP contribution < -0.4 is 24.4 Å². The van der Waals surface area contributed by atoms with Crippen LogP contribution in [0.3, 0.4) is 0 Å². The third kappa shape index (κ3) is 4.49. The van der Waals surface area contributed by atoms with Gasteiger partial charge in [0.15, 0.2) is 6.61 Å². The fourth-order valence-electron chi connectivity index (χ4n) is 2.87. The molecule has 2 aromatic carbocycles. The molecule has 1 heterocycles. The quantitative estimate of drug-likeness (QED) is 0.808. The van der Waals surface area contributed by atoms with Crippen molar-refractivity contribution in [2.24, 2.45) is 0 Å². The molecule has 7 nitrogen and oxygen atoms in total. The lowest BCUT2D eigenvalue weighted by molar-refractivity contribution is -0.122. The summed E-state index contributed by atoms with van der Waals surface area (Å²) in [6, 6.07) is 12.8. The van der Waals surface area contributed by atoms with Gasteiger partial charge in [0.05, 0.1) is 19.9 Å². The van der Waals surface area contributed by atoms with Crippen molar-refractivity contribution in [3.8, 4) is 17.2 Å². The van der Waals surface area contributed by atoms with Gasteiger partial charge in [-0.15, -0.1) is 0 Å². The second kappa shape index (κ2) is 8.44. The average Bonchev–Trinajstić information content (AvgIpc) is 2.71. The van der Waals surface area contributed by atoms with Crippen molar-refractivity contribution in [3.63, 3.8) is 0 Å². The van der Waals surface area contributed by atoms with E-state index in [1.165, 1.54) is 0 Å². The van der Waals surface area contributed by atoms with Gasteiger partial charge in [0.1, 0.15) is 17.2 Å². The van der Waals surface area contributed by atoms with Crippen LogP contribution in [0.4, 0.5) is 5.69 Å². The second-order valence-corrected chi connectivity index (χ2v) is 6.05. The fraction of sp³-hybridized carbons (Fsp3) is 0.300. The molecule has 1 N–H and O–H groups in total. The predicted molar refractivity (Wildman–Crippen MR) is 100 cm³/mol. The van der Waals surface area contributed by atoms with Gasteiger partial charge in [-0.3, -0.25) is 9.59 Å². The van der Waals surface area contributed by atoms with E-state index in [0.717, 1.165) is 5.56 Å². The van der Waals surface area contributed by atoms with E-state index in [1.807, 2.05) is 36.4 Å². The molecule has 0 radical (unpaired) electrons. The Kier molecular flexibility index (Phi) is 5.80. The zero-order valence-electron chi connectivity index (χ0n) is 15.4. The number of rotatable bonds is 7. The van der Waals surface area contributed by atoms with Gasteiger partial charge in [-0.1, -0.05) is 12.1 Å². The lowest BCUT2D eigenvalue weighted by Crippen LogP contribution is -2.41. The molecule has 0 bridgehead atoms. The van der Waals surface area contributed by atoms with Crippen molar-refractivity contribution < 1.29 is 23.8 Å². The highest BCUT2D eigenvalue weighted by molar-refractivity contribution is 5.98. The van der Waals surface area contributed by atoms with E-state index in [2.05, 4.69) is 5.32 Å². The van der Waals surface area contributed by atoms with Crippen molar-refractivity contribution in [3.05, 3.63) is 48.0 Å². The third-order valence-corrected chi connectivity index (χ3v) is 4.27. The molecule has 2 amide bonds. The Morgan fingerprint density at radius 1 is 1.15 bits per heavy atom. The SMILES string of the molecule is COc1cc(CNC(=O)CCN2C(=O)COc3ccccc32)cc(OC)c1. The van der Waals surface area contributed by atoms with E-state index >= 15 is 0 Å². The molecule has 0 aromatic heterocycles. The lowest BCUT2D eigenvalue weighted by Gasteiger charge is -2.29. The van der Waals surface area contributed by atoms with Crippen LogP contribution in [0.2, 0.25) is 0 Å². The number of para-hydroxylation sites is 2. The Labute approximate surface area is 157 Å². The summed E-state index contributed by atoms with van der Waals surface area (Å²) in [5.74, 6) is 1.68. The highest BCUT2D eigenvalue weighted by atomic mass is 16.5. The summed E-state index contributed by atoms with van der Waals surface area (Å²) in [5, 5.41) is 2.86. The molecule has 0 atom stereocenters. The molecule has 27 heavy (non-hydrogen) atoms. The number of carbonyl (C=O) groups excluding carboxylic acids is 2. The maximum absolute atomic E-state index is 12.2. The molecular formula is C20H22N2O5. The topological polar surface area (TPSA) is 77.1 Å². The van der Waals surface area contributed by atoms with Gasteiger partial charge in [0, 0.05) is 25.6 Å². The third-order valence-electron chi connectivity index (χ3n) is 4.27. The van der Waals surface area contributed by atoms with Gasteiger partial charge in [-0.25, -0.2) is 0 Å². The molecule has 0 fully saturated rings. The van der Waals surface area contributed by atoms with Crippen LogP contribution in [0.25, 0.3) is 0 Å². The second-order valence-electron chi connectivity index (χ2n) is 6.05. The monoisotopic (exact) mass is 370 g/mol. The molecule has 0 saturated carbocycles. The van der Waals surface area contributed by atoms with Crippen LogP contribution in [0.1, 0.15) is 12.0 Å². The van der Waals surface area contributed by atoms with Crippen molar-refractivity contribution in [2.45, 2.75) is 13.0 Å². The maximum Gasteiger partial charge on any atom is 0.265 e. The summed E-state index contributed by atoms with van der Waals surface area (Å²) in [6.07, 6.45) is 0.196. The molecule has 0 unspecified atom stereocenters. The van der Waals surface area contributed by atoms with E-state index in [0.29, 0.717) is 36.0 Å². The van der Waals surface area contributed by atoms with Crippen molar-refractivity contribution in [1.29, 1.82) is 0 Å². The summed E-state index contributed by atoms with van der Waals surface area (Å²) in [5.41, 5.74) is 1.56. The summed E-state index contributed by atoms with van der Waals surface area (Å²) >= 11 is 0. The molecule has 0 spiro atoms. The summed E-state index contributed by atoms with van der Waals surface area (Å²) in [4.78, 5) is 26.0. The van der Waals surface area contributed by atoms with E-state index in [4.69, 9.17) is 14.2 Å². The first-order chi connectivity index (χ1) is 13.1. The van der Waals surface area contributed by atoms with Gasteiger partial charge in [-0.05, 0) is 29.8 Å². The normalized spacial score (nSPS) is 12.8. The number of methoxy groups -OCH3 is 2. The minimum Gasteiger partial charge on any atom is -0.497 e. The van der Waals surface area contributed by atoms with E-state index < -0.39 is 0 Å². The number of carbonyl (C=O) groups is 2. The Morgan fingerprint density at radius 3 is 2.56 bits per heavy atom. The first kappa shape index (κ1) is 18.6. The van der Waals surface area contributed by atoms with Crippen molar-refractivity contribution in [1.82, 2.24) is 5.32 Å². The molecule has 1 aliphatic rings. The molecule has 2 aromatic rings. The average molecular weight is 370 g/mol. The number of fused-ring (bicyclic) bond motifs is 1. The number of hydrogen-bond donors (Lipinski definition) is 1. The number of ether oxygens (including phenoxy) is 3. The smallest absolute Gasteiger partial charge is 0.265 e. The van der Waals surface area contributed by atoms with Crippen LogP contribution in [0.5, 0.6) is 17.2 Å². The van der Waals surface area contributed by atoms with E-state index in [-0.39, 0.29) is 24.8 Å². The highest BCUT2D eigenvalue weighted by Gasteiger charge is 2.25. The number of hydrogen-bond acceptors (Lipinski definition) is 5. The van der Waals surface area contributed by atoms with Crippen LogP contribution in [0.15, 0.2) is 42.5 Å². The first-order valence-electron chi connectivity index (χ1n) is 8.61. The zero-order valence-corrected chi connectivity index (χ0v) is 15.4. The minimum atomic E-state index is -0.154. The maximum atomic E-state index is 12.2. The van der Waals surface area contributed by atoms with Gasteiger partial charge < -0.3 is 24.4 Å². The molecule has 0 aliphatic carbocycles. The Morgan fingerprint density at radius 2 is 1.85 bits per heavy atom. The Bertz CT molecular complexity index is 815. The van der Waals surface area contributed by atoms with Gasteiger partial charge in [0.2, 0.25) is 5.91 Å². The number of nitrogens with one attached hydrogen (secondary N) is 1. The summed E-state index contributed by atoms with van der Waals surface area (Å²) in [6.45, 7) is 0.634. The molecule has 1 aliphatic heterocycles. The molecule has 142 valence electrons.